The summed E-state index contributed by atoms with van der Waals surface area (Å²) in [6.45, 7) is 3.99. The van der Waals surface area contributed by atoms with Crippen LogP contribution in [0.3, 0.4) is 0 Å². The first kappa shape index (κ1) is 13.6. The lowest BCUT2D eigenvalue weighted by Crippen LogP contribution is -2.07. The van der Waals surface area contributed by atoms with Crippen molar-refractivity contribution in [1.29, 1.82) is 5.26 Å². The van der Waals surface area contributed by atoms with Crippen LogP contribution in [0.4, 0.5) is 5.82 Å². The lowest BCUT2D eigenvalue weighted by molar-refractivity contribution is 0.535. The second kappa shape index (κ2) is 5.45. The molecule has 98 valence electrons. The molecule has 1 aromatic carbocycles. The minimum Gasteiger partial charge on any atom is -0.383 e. The van der Waals surface area contributed by atoms with Crippen molar-refractivity contribution in [2.75, 3.05) is 5.73 Å². The van der Waals surface area contributed by atoms with Crippen LogP contribution in [0.25, 0.3) is 0 Å². The number of nitrogens with two attached hydrogens (primary N) is 1. The topological polar surface area (TPSA) is 67.6 Å². The van der Waals surface area contributed by atoms with Crippen molar-refractivity contribution in [3.05, 3.63) is 45.6 Å². The maximum absolute atomic E-state index is 9.23. The van der Waals surface area contributed by atoms with Crippen molar-refractivity contribution in [3.8, 4) is 6.07 Å². The Hall–Kier alpha value is -1.80. The standard InChI is InChI=1S/C14H15BrN4/c1-9(2)19-14(17)12(8-16)13(18-19)7-10-3-5-11(15)6-4-10/h3-6,9H,7,17H2,1-2H3. The van der Waals surface area contributed by atoms with Crippen LogP contribution in [0, 0.1) is 11.3 Å². The molecule has 2 aromatic rings. The Kier molecular flexibility index (Phi) is 3.91. The maximum atomic E-state index is 9.23. The zero-order chi connectivity index (χ0) is 14.0. The van der Waals surface area contributed by atoms with Gasteiger partial charge in [0.15, 0.2) is 0 Å². The van der Waals surface area contributed by atoms with Crippen molar-refractivity contribution < 1.29 is 0 Å². The van der Waals surface area contributed by atoms with Gasteiger partial charge in [-0.15, -0.1) is 0 Å². The van der Waals surface area contributed by atoms with E-state index in [4.69, 9.17) is 5.73 Å². The Morgan fingerprint density at radius 3 is 2.53 bits per heavy atom. The van der Waals surface area contributed by atoms with Gasteiger partial charge in [0.2, 0.25) is 0 Å². The van der Waals surface area contributed by atoms with Crippen LogP contribution in [-0.2, 0) is 6.42 Å². The molecule has 1 aromatic heterocycles. The van der Waals surface area contributed by atoms with Gasteiger partial charge in [-0.25, -0.2) is 4.68 Å². The number of hydrogen-bond acceptors (Lipinski definition) is 3. The summed E-state index contributed by atoms with van der Waals surface area (Å²) in [5, 5.41) is 13.7. The Balaban J connectivity index is 2.37. The number of aromatic nitrogens is 2. The molecular formula is C14H15BrN4. The van der Waals surface area contributed by atoms with Crippen LogP contribution < -0.4 is 5.73 Å². The molecule has 0 saturated heterocycles. The summed E-state index contributed by atoms with van der Waals surface area (Å²) < 4.78 is 2.73. The summed E-state index contributed by atoms with van der Waals surface area (Å²) in [4.78, 5) is 0. The zero-order valence-corrected chi connectivity index (χ0v) is 12.5. The van der Waals surface area contributed by atoms with Gasteiger partial charge in [0, 0.05) is 16.9 Å². The van der Waals surface area contributed by atoms with E-state index in [2.05, 4.69) is 27.1 Å². The first-order valence-electron chi connectivity index (χ1n) is 6.04. The summed E-state index contributed by atoms with van der Waals surface area (Å²) in [5.74, 6) is 0.449. The lowest BCUT2D eigenvalue weighted by atomic mass is 10.1. The number of hydrogen-bond donors (Lipinski definition) is 1. The molecule has 0 saturated carbocycles. The van der Waals surface area contributed by atoms with Crippen LogP contribution in [-0.4, -0.2) is 9.78 Å². The highest BCUT2D eigenvalue weighted by Crippen LogP contribution is 2.22. The molecule has 4 nitrogen and oxygen atoms in total. The third-order valence-corrected chi connectivity index (χ3v) is 3.43. The van der Waals surface area contributed by atoms with Gasteiger partial charge in [-0.2, -0.15) is 10.4 Å². The number of rotatable bonds is 3. The highest BCUT2D eigenvalue weighted by Gasteiger charge is 2.17. The van der Waals surface area contributed by atoms with Gasteiger partial charge in [0.1, 0.15) is 17.5 Å². The van der Waals surface area contributed by atoms with Gasteiger partial charge in [-0.3, -0.25) is 0 Å². The summed E-state index contributed by atoms with van der Waals surface area (Å²) in [7, 11) is 0. The van der Waals surface area contributed by atoms with Gasteiger partial charge in [0.25, 0.3) is 0 Å². The van der Waals surface area contributed by atoms with E-state index >= 15 is 0 Å². The van der Waals surface area contributed by atoms with Crippen LogP contribution in [0.2, 0.25) is 0 Å². The lowest BCUT2D eigenvalue weighted by Gasteiger charge is -2.06. The monoisotopic (exact) mass is 318 g/mol. The third kappa shape index (κ3) is 2.79. The first-order chi connectivity index (χ1) is 9.02. The van der Waals surface area contributed by atoms with Gasteiger partial charge < -0.3 is 5.73 Å². The van der Waals surface area contributed by atoms with E-state index in [-0.39, 0.29) is 6.04 Å². The molecule has 0 spiro atoms. The van der Waals surface area contributed by atoms with E-state index < -0.39 is 0 Å². The van der Waals surface area contributed by atoms with Crippen LogP contribution in [0.5, 0.6) is 0 Å². The molecule has 1 heterocycles. The average Bonchev–Trinajstić information content (AvgIpc) is 2.68. The highest BCUT2D eigenvalue weighted by atomic mass is 79.9. The van der Waals surface area contributed by atoms with E-state index in [0.29, 0.717) is 17.8 Å². The smallest absolute Gasteiger partial charge is 0.140 e. The van der Waals surface area contributed by atoms with E-state index in [1.807, 2.05) is 38.1 Å². The fourth-order valence-corrected chi connectivity index (χ4v) is 2.20. The van der Waals surface area contributed by atoms with E-state index in [1.165, 1.54) is 0 Å². The Morgan fingerprint density at radius 1 is 1.37 bits per heavy atom. The third-order valence-electron chi connectivity index (χ3n) is 2.91. The number of benzene rings is 1. The molecule has 0 aliphatic rings. The van der Waals surface area contributed by atoms with Crippen molar-refractivity contribution in [1.82, 2.24) is 9.78 Å². The summed E-state index contributed by atoms with van der Waals surface area (Å²) in [5.41, 5.74) is 8.28. The molecule has 2 N–H and O–H groups in total. The molecule has 5 heteroatoms. The van der Waals surface area contributed by atoms with Crippen molar-refractivity contribution in [2.45, 2.75) is 26.3 Å². The van der Waals surface area contributed by atoms with Gasteiger partial charge in [-0.1, -0.05) is 28.1 Å². The van der Waals surface area contributed by atoms with Crippen molar-refractivity contribution >= 4 is 21.7 Å². The Labute approximate surface area is 121 Å². The normalized spacial score (nSPS) is 10.7. The van der Waals surface area contributed by atoms with E-state index in [1.54, 1.807) is 4.68 Å². The minimum absolute atomic E-state index is 0.144. The molecule has 0 atom stereocenters. The molecule has 0 bridgehead atoms. The van der Waals surface area contributed by atoms with Crippen molar-refractivity contribution in [3.63, 3.8) is 0 Å². The average molecular weight is 319 g/mol. The molecule has 0 amide bonds. The summed E-state index contributed by atoms with van der Waals surface area (Å²) >= 11 is 3.40. The summed E-state index contributed by atoms with van der Waals surface area (Å²) in [6.07, 6.45) is 0.611. The minimum atomic E-state index is 0.144. The fraction of sp³-hybridized carbons (Fsp3) is 0.286. The molecule has 2 rings (SSSR count). The van der Waals surface area contributed by atoms with Crippen LogP contribution in [0.15, 0.2) is 28.7 Å². The van der Waals surface area contributed by atoms with Crippen LogP contribution >= 0.6 is 15.9 Å². The van der Waals surface area contributed by atoms with E-state index in [9.17, 15) is 5.26 Å². The molecule has 0 aliphatic carbocycles. The number of anilines is 1. The fourth-order valence-electron chi connectivity index (χ4n) is 1.93. The molecule has 19 heavy (non-hydrogen) atoms. The number of nitriles is 1. The molecule has 0 radical (unpaired) electrons. The molecule has 0 aliphatic heterocycles. The predicted octanol–water partition coefficient (Wildman–Crippen LogP) is 3.27. The number of halogens is 1. The highest BCUT2D eigenvalue weighted by molar-refractivity contribution is 9.10. The first-order valence-corrected chi connectivity index (χ1v) is 6.83. The largest absolute Gasteiger partial charge is 0.383 e. The van der Waals surface area contributed by atoms with Crippen molar-refractivity contribution in [2.24, 2.45) is 0 Å². The van der Waals surface area contributed by atoms with Gasteiger partial charge in [0.05, 0.1) is 5.69 Å². The predicted molar refractivity (Wildman–Crippen MR) is 78.7 cm³/mol. The summed E-state index contributed by atoms with van der Waals surface area (Å²) in [6, 6.07) is 10.3. The van der Waals surface area contributed by atoms with Gasteiger partial charge >= 0.3 is 0 Å². The maximum Gasteiger partial charge on any atom is 0.140 e. The van der Waals surface area contributed by atoms with Gasteiger partial charge in [-0.05, 0) is 31.5 Å². The second-order valence-corrected chi connectivity index (χ2v) is 5.58. The van der Waals surface area contributed by atoms with E-state index in [0.717, 1.165) is 15.7 Å². The Morgan fingerprint density at radius 2 is 2.00 bits per heavy atom. The number of nitrogens with zero attached hydrogens (tertiary/aromatic N) is 3. The second-order valence-electron chi connectivity index (χ2n) is 4.66. The Bertz CT molecular complexity index is 620. The SMILES string of the molecule is CC(C)n1nc(Cc2ccc(Br)cc2)c(C#N)c1N. The molecule has 0 fully saturated rings. The van der Waals surface area contributed by atoms with Crippen LogP contribution in [0.1, 0.15) is 36.7 Å². The zero-order valence-electron chi connectivity index (χ0n) is 10.9. The molecule has 0 unspecified atom stereocenters. The molecular weight excluding hydrogens is 304 g/mol. The quantitative estimate of drug-likeness (QED) is 0.944. The number of nitrogen functional groups attached to an aromatic ring is 1.